The number of aromatic hydroxyl groups is 1. The van der Waals surface area contributed by atoms with Crippen LogP contribution < -0.4 is 5.63 Å². The number of nitrogens with zero attached hydrogens (tertiary/aromatic N) is 2. The predicted octanol–water partition coefficient (Wildman–Crippen LogP) is 3.91. The quantitative estimate of drug-likeness (QED) is 0.429. The monoisotopic (exact) mass is 368 g/mol. The molecular formula is C16H11F3N2O3S. The molecule has 5 nitrogen and oxygen atoms in total. The smallest absolute Gasteiger partial charge is 0.433 e. The lowest BCUT2D eigenvalue weighted by Crippen LogP contribution is -2.08. The van der Waals surface area contributed by atoms with Gasteiger partial charge in [0.15, 0.2) is 5.16 Å². The number of hydrogen-bond donors (Lipinski definition) is 1. The number of alkyl halides is 3. The lowest BCUT2D eigenvalue weighted by molar-refractivity contribution is -0.141. The van der Waals surface area contributed by atoms with Gasteiger partial charge in [-0.2, -0.15) is 13.2 Å². The SMILES string of the molecule is Cc1c(O)ccc2c(CSc3nccc(C(F)(F)F)n3)cc(=O)oc12. The maximum Gasteiger partial charge on any atom is 0.433 e. The van der Waals surface area contributed by atoms with Crippen LogP contribution in [-0.2, 0) is 11.9 Å². The minimum Gasteiger partial charge on any atom is -0.508 e. The molecule has 1 aromatic carbocycles. The Morgan fingerprint density at radius 3 is 2.76 bits per heavy atom. The Morgan fingerprint density at radius 1 is 1.28 bits per heavy atom. The van der Waals surface area contributed by atoms with Crippen LogP contribution >= 0.6 is 11.8 Å². The van der Waals surface area contributed by atoms with E-state index < -0.39 is 17.5 Å². The third kappa shape index (κ3) is 3.60. The summed E-state index contributed by atoms with van der Waals surface area (Å²) in [6, 6.07) is 5.11. The fraction of sp³-hybridized carbons (Fsp3) is 0.188. The standard InChI is InChI=1S/C16H11F3N2O3S/c1-8-11(22)3-2-10-9(6-13(23)24-14(8)10)7-25-15-20-5-4-12(21-15)16(17,18)19/h2-6,22H,7H2,1H3. The number of halogens is 3. The molecule has 0 aliphatic heterocycles. The molecule has 2 heterocycles. The third-order valence-electron chi connectivity index (χ3n) is 3.50. The highest BCUT2D eigenvalue weighted by atomic mass is 32.2. The van der Waals surface area contributed by atoms with E-state index in [4.69, 9.17) is 4.42 Å². The van der Waals surface area contributed by atoms with E-state index in [0.29, 0.717) is 16.5 Å². The molecule has 3 rings (SSSR count). The molecule has 1 N–H and O–H groups in total. The van der Waals surface area contributed by atoms with Crippen LogP contribution in [0, 0.1) is 6.92 Å². The highest BCUT2D eigenvalue weighted by molar-refractivity contribution is 7.98. The molecule has 25 heavy (non-hydrogen) atoms. The molecule has 0 saturated heterocycles. The Hall–Kier alpha value is -2.55. The molecular weight excluding hydrogens is 357 g/mol. The minimum absolute atomic E-state index is 0.0123. The maximum atomic E-state index is 12.7. The topological polar surface area (TPSA) is 76.2 Å². The summed E-state index contributed by atoms with van der Waals surface area (Å²) in [6.45, 7) is 1.60. The first-order valence-corrected chi connectivity index (χ1v) is 8.02. The van der Waals surface area contributed by atoms with Gasteiger partial charge in [0.1, 0.15) is 17.0 Å². The van der Waals surface area contributed by atoms with Crippen LogP contribution in [0.25, 0.3) is 11.0 Å². The van der Waals surface area contributed by atoms with Crippen LogP contribution in [0.1, 0.15) is 16.8 Å². The van der Waals surface area contributed by atoms with Crippen molar-refractivity contribution in [1.29, 1.82) is 0 Å². The van der Waals surface area contributed by atoms with Crippen molar-refractivity contribution in [2.75, 3.05) is 0 Å². The van der Waals surface area contributed by atoms with Crippen molar-refractivity contribution in [2.24, 2.45) is 0 Å². The molecule has 0 unspecified atom stereocenters. The number of hydrogen-bond acceptors (Lipinski definition) is 6. The molecule has 3 aromatic rings. The molecule has 0 amide bonds. The van der Waals surface area contributed by atoms with E-state index in [0.717, 1.165) is 24.0 Å². The van der Waals surface area contributed by atoms with Gasteiger partial charge < -0.3 is 9.52 Å². The fourth-order valence-electron chi connectivity index (χ4n) is 2.25. The maximum absolute atomic E-state index is 12.7. The average molecular weight is 368 g/mol. The summed E-state index contributed by atoms with van der Waals surface area (Å²) >= 11 is 0.972. The van der Waals surface area contributed by atoms with Crippen molar-refractivity contribution in [1.82, 2.24) is 9.97 Å². The van der Waals surface area contributed by atoms with E-state index in [1.165, 1.54) is 12.1 Å². The zero-order valence-electron chi connectivity index (χ0n) is 12.8. The molecule has 0 saturated carbocycles. The van der Waals surface area contributed by atoms with E-state index in [1.54, 1.807) is 13.0 Å². The van der Waals surface area contributed by atoms with Gasteiger partial charge >= 0.3 is 11.8 Å². The van der Waals surface area contributed by atoms with Crippen LogP contribution in [0.5, 0.6) is 5.75 Å². The minimum atomic E-state index is -4.55. The fourth-order valence-corrected chi connectivity index (χ4v) is 3.07. The van der Waals surface area contributed by atoms with Gasteiger partial charge in [-0.05, 0) is 30.7 Å². The molecule has 2 aromatic heterocycles. The highest BCUT2D eigenvalue weighted by Gasteiger charge is 2.32. The summed E-state index contributed by atoms with van der Waals surface area (Å²) < 4.78 is 43.2. The number of phenolic OH excluding ortho intramolecular Hbond substituents is 1. The van der Waals surface area contributed by atoms with Crippen LogP contribution in [-0.4, -0.2) is 15.1 Å². The van der Waals surface area contributed by atoms with Gasteiger partial charge in [-0.25, -0.2) is 14.8 Å². The molecule has 0 fully saturated rings. The van der Waals surface area contributed by atoms with Crippen LogP contribution in [0.15, 0.2) is 44.8 Å². The van der Waals surface area contributed by atoms with Crippen molar-refractivity contribution in [3.8, 4) is 5.75 Å². The number of fused-ring (bicyclic) bond motifs is 1. The van der Waals surface area contributed by atoms with Gasteiger partial charge in [-0.1, -0.05) is 11.8 Å². The summed E-state index contributed by atoms with van der Waals surface area (Å²) in [7, 11) is 0. The molecule has 0 spiro atoms. The van der Waals surface area contributed by atoms with Crippen molar-refractivity contribution < 1.29 is 22.7 Å². The van der Waals surface area contributed by atoms with Crippen LogP contribution in [0.3, 0.4) is 0 Å². The lowest BCUT2D eigenvalue weighted by atomic mass is 10.1. The Morgan fingerprint density at radius 2 is 2.04 bits per heavy atom. The van der Waals surface area contributed by atoms with Crippen molar-refractivity contribution >= 4 is 22.7 Å². The summed E-state index contributed by atoms with van der Waals surface area (Å²) in [5.41, 5.74) is -0.421. The summed E-state index contributed by atoms with van der Waals surface area (Å²) in [6.07, 6.45) is -3.51. The number of benzene rings is 1. The van der Waals surface area contributed by atoms with Crippen LogP contribution in [0.4, 0.5) is 13.2 Å². The molecule has 0 bridgehead atoms. The average Bonchev–Trinajstić information content (AvgIpc) is 2.56. The zero-order valence-corrected chi connectivity index (χ0v) is 13.6. The number of aromatic nitrogens is 2. The normalized spacial score (nSPS) is 11.8. The van der Waals surface area contributed by atoms with E-state index in [9.17, 15) is 23.1 Å². The van der Waals surface area contributed by atoms with E-state index in [2.05, 4.69) is 9.97 Å². The second kappa shape index (κ2) is 6.40. The number of aryl methyl sites for hydroxylation is 1. The van der Waals surface area contributed by atoms with E-state index in [1.807, 2.05) is 0 Å². The Kier molecular flexibility index (Phi) is 4.42. The molecule has 0 aliphatic carbocycles. The zero-order chi connectivity index (χ0) is 18.2. The van der Waals surface area contributed by atoms with Crippen molar-refractivity contribution in [3.63, 3.8) is 0 Å². The predicted molar refractivity (Wildman–Crippen MR) is 85.5 cm³/mol. The highest BCUT2D eigenvalue weighted by Crippen LogP contribution is 2.31. The van der Waals surface area contributed by atoms with E-state index in [-0.39, 0.29) is 22.2 Å². The molecule has 0 atom stereocenters. The van der Waals surface area contributed by atoms with Crippen LogP contribution in [0.2, 0.25) is 0 Å². The second-order valence-electron chi connectivity index (χ2n) is 5.19. The first-order valence-electron chi connectivity index (χ1n) is 7.04. The first-order chi connectivity index (χ1) is 11.8. The number of thioether (sulfide) groups is 1. The van der Waals surface area contributed by atoms with Crippen molar-refractivity contribution in [3.05, 3.63) is 57.7 Å². The second-order valence-corrected chi connectivity index (χ2v) is 6.13. The van der Waals surface area contributed by atoms with Gasteiger partial charge in [0, 0.05) is 29.0 Å². The summed E-state index contributed by atoms with van der Waals surface area (Å²) in [5, 5.41) is 10.3. The third-order valence-corrected chi connectivity index (χ3v) is 4.41. The Bertz CT molecular complexity index is 1000. The number of phenols is 1. The molecule has 0 aliphatic rings. The van der Waals surface area contributed by atoms with Gasteiger partial charge in [0.05, 0.1) is 0 Å². The molecule has 0 radical (unpaired) electrons. The van der Waals surface area contributed by atoms with Gasteiger partial charge in [-0.3, -0.25) is 0 Å². The Balaban J connectivity index is 1.94. The summed E-state index contributed by atoms with van der Waals surface area (Å²) in [5.74, 6) is 0.162. The largest absolute Gasteiger partial charge is 0.508 e. The molecule has 9 heteroatoms. The van der Waals surface area contributed by atoms with Gasteiger partial charge in [-0.15, -0.1) is 0 Å². The number of rotatable bonds is 3. The Labute approximate surface area is 143 Å². The molecule has 130 valence electrons. The van der Waals surface area contributed by atoms with Gasteiger partial charge in [0.25, 0.3) is 0 Å². The van der Waals surface area contributed by atoms with Gasteiger partial charge in [0.2, 0.25) is 0 Å². The van der Waals surface area contributed by atoms with E-state index >= 15 is 0 Å². The first kappa shape index (κ1) is 17.3. The lowest BCUT2D eigenvalue weighted by Gasteiger charge is -2.09. The summed E-state index contributed by atoms with van der Waals surface area (Å²) in [4.78, 5) is 19.0. The van der Waals surface area contributed by atoms with Crippen molar-refractivity contribution in [2.45, 2.75) is 24.0 Å².